The van der Waals surface area contributed by atoms with Gasteiger partial charge < -0.3 is 15.5 Å². The average molecular weight is 290 g/mol. The van der Waals surface area contributed by atoms with E-state index in [1.807, 2.05) is 6.92 Å². The molecule has 0 fully saturated rings. The summed E-state index contributed by atoms with van der Waals surface area (Å²) in [6, 6.07) is 3.71. The van der Waals surface area contributed by atoms with Crippen LogP contribution in [0.15, 0.2) is 28.8 Å². The van der Waals surface area contributed by atoms with Crippen LogP contribution in [0, 0.1) is 10.1 Å². The third kappa shape index (κ3) is 3.35. The number of amides is 1. The molecular formula is C13H14N4O4. The Kier molecular flexibility index (Phi) is 4.17. The number of non-ortho nitro benzene ring substituents is 1. The molecule has 8 heteroatoms. The van der Waals surface area contributed by atoms with Crippen LogP contribution >= 0.6 is 0 Å². The van der Waals surface area contributed by atoms with Crippen molar-refractivity contribution >= 4 is 17.3 Å². The molecule has 0 saturated heterocycles. The molecule has 2 rings (SSSR count). The number of aromatic nitrogens is 1. The standard InChI is InChI=1S/C13H14N4O4/c1-2-9-6-15-12(21-9)7-16-13(18)10-5-8(17(19)20)3-4-11(10)14/h3-6H,2,7,14H2,1H3,(H,16,18). The Bertz CT molecular complexity index is 681. The molecule has 0 atom stereocenters. The molecule has 0 aliphatic rings. The van der Waals surface area contributed by atoms with Gasteiger partial charge in [0.05, 0.1) is 23.2 Å². The number of rotatable bonds is 5. The second-order valence-electron chi connectivity index (χ2n) is 4.29. The number of hydrogen-bond acceptors (Lipinski definition) is 6. The lowest BCUT2D eigenvalue weighted by molar-refractivity contribution is -0.384. The molecule has 2 aromatic rings. The summed E-state index contributed by atoms with van der Waals surface area (Å²) in [7, 11) is 0. The van der Waals surface area contributed by atoms with Gasteiger partial charge in [0.25, 0.3) is 11.6 Å². The van der Waals surface area contributed by atoms with Crippen molar-refractivity contribution in [2.45, 2.75) is 19.9 Å². The second-order valence-corrected chi connectivity index (χ2v) is 4.29. The van der Waals surface area contributed by atoms with Crippen LogP contribution < -0.4 is 11.1 Å². The largest absolute Gasteiger partial charge is 0.444 e. The fourth-order valence-corrected chi connectivity index (χ4v) is 1.70. The zero-order chi connectivity index (χ0) is 15.4. The number of benzene rings is 1. The number of anilines is 1. The normalized spacial score (nSPS) is 10.3. The number of nitrogens with two attached hydrogens (primary N) is 1. The van der Waals surface area contributed by atoms with Crippen LogP contribution in [0.3, 0.4) is 0 Å². The highest BCUT2D eigenvalue weighted by molar-refractivity contribution is 5.99. The monoisotopic (exact) mass is 290 g/mol. The van der Waals surface area contributed by atoms with E-state index in [9.17, 15) is 14.9 Å². The second kappa shape index (κ2) is 6.04. The number of nitrogen functional groups attached to an aromatic ring is 1. The minimum Gasteiger partial charge on any atom is -0.444 e. The molecule has 0 aliphatic carbocycles. The van der Waals surface area contributed by atoms with Crippen LogP contribution in [0.25, 0.3) is 0 Å². The van der Waals surface area contributed by atoms with E-state index >= 15 is 0 Å². The van der Waals surface area contributed by atoms with Gasteiger partial charge in [0, 0.05) is 24.2 Å². The number of nitro benzene ring substituents is 1. The number of aryl methyl sites for hydroxylation is 1. The number of carbonyl (C=O) groups excluding carboxylic acids is 1. The van der Waals surface area contributed by atoms with Crippen molar-refractivity contribution in [2.24, 2.45) is 0 Å². The molecule has 21 heavy (non-hydrogen) atoms. The Balaban J connectivity index is 2.09. The van der Waals surface area contributed by atoms with Crippen molar-refractivity contribution in [1.82, 2.24) is 10.3 Å². The summed E-state index contributed by atoms with van der Waals surface area (Å²) in [5.74, 6) is 0.561. The molecule has 1 aromatic heterocycles. The van der Waals surface area contributed by atoms with Gasteiger partial charge in [0.15, 0.2) is 0 Å². The Morgan fingerprint density at radius 1 is 1.52 bits per heavy atom. The average Bonchev–Trinajstić information content (AvgIpc) is 2.93. The van der Waals surface area contributed by atoms with Gasteiger partial charge >= 0.3 is 0 Å². The fourth-order valence-electron chi connectivity index (χ4n) is 1.70. The lowest BCUT2D eigenvalue weighted by Crippen LogP contribution is -2.24. The summed E-state index contributed by atoms with van der Waals surface area (Å²) >= 11 is 0. The van der Waals surface area contributed by atoms with Crippen molar-refractivity contribution in [3.63, 3.8) is 0 Å². The first-order chi connectivity index (χ1) is 10.0. The third-order valence-electron chi connectivity index (χ3n) is 2.84. The SMILES string of the molecule is CCc1cnc(CNC(=O)c2cc([N+](=O)[O-])ccc2N)o1. The minimum absolute atomic E-state index is 0.0477. The molecule has 0 spiro atoms. The summed E-state index contributed by atoms with van der Waals surface area (Å²) < 4.78 is 5.35. The van der Waals surface area contributed by atoms with Crippen molar-refractivity contribution in [3.8, 4) is 0 Å². The topological polar surface area (TPSA) is 124 Å². The van der Waals surface area contributed by atoms with Gasteiger partial charge in [0.1, 0.15) is 5.76 Å². The van der Waals surface area contributed by atoms with Gasteiger partial charge in [-0.1, -0.05) is 6.92 Å². The lowest BCUT2D eigenvalue weighted by atomic mass is 10.1. The quantitative estimate of drug-likeness (QED) is 0.490. The van der Waals surface area contributed by atoms with Crippen LogP contribution in [-0.4, -0.2) is 15.8 Å². The van der Waals surface area contributed by atoms with E-state index in [1.54, 1.807) is 6.20 Å². The highest BCUT2D eigenvalue weighted by atomic mass is 16.6. The van der Waals surface area contributed by atoms with E-state index in [1.165, 1.54) is 12.1 Å². The Morgan fingerprint density at radius 2 is 2.29 bits per heavy atom. The molecule has 0 unspecified atom stereocenters. The molecule has 8 nitrogen and oxygen atoms in total. The first-order valence-electron chi connectivity index (χ1n) is 6.27. The van der Waals surface area contributed by atoms with E-state index in [4.69, 9.17) is 10.2 Å². The first kappa shape index (κ1) is 14.5. The van der Waals surface area contributed by atoms with Gasteiger partial charge in [-0.3, -0.25) is 14.9 Å². The summed E-state index contributed by atoms with van der Waals surface area (Å²) in [6.45, 7) is 2.01. The maximum atomic E-state index is 12.0. The molecule has 0 aliphatic heterocycles. The van der Waals surface area contributed by atoms with Crippen LogP contribution in [0.1, 0.15) is 28.9 Å². The van der Waals surface area contributed by atoms with Crippen LogP contribution in [0.5, 0.6) is 0 Å². The van der Waals surface area contributed by atoms with Gasteiger partial charge in [-0.25, -0.2) is 4.98 Å². The van der Waals surface area contributed by atoms with Crippen molar-refractivity contribution in [1.29, 1.82) is 0 Å². The number of carbonyl (C=O) groups is 1. The number of oxazole rings is 1. The molecule has 3 N–H and O–H groups in total. The zero-order valence-electron chi connectivity index (χ0n) is 11.3. The minimum atomic E-state index is -0.585. The van der Waals surface area contributed by atoms with E-state index < -0.39 is 10.8 Å². The van der Waals surface area contributed by atoms with Crippen LogP contribution in [-0.2, 0) is 13.0 Å². The highest BCUT2D eigenvalue weighted by Crippen LogP contribution is 2.19. The molecular weight excluding hydrogens is 276 g/mol. The van der Waals surface area contributed by atoms with Gasteiger partial charge in [-0.15, -0.1) is 0 Å². The molecule has 0 radical (unpaired) electrons. The summed E-state index contributed by atoms with van der Waals surface area (Å²) in [4.78, 5) is 26.1. The molecule has 1 aromatic carbocycles. The number of nitrogens with one attached hydrogen (secondary N) is 1. The smallest absolute Gasteiger partial charge is 0.270 e. The van der Waals surface area contributed by atoms with E-state index in [0.717, 1.165) is 6.07 Å². The number of nitrogens with zero attached hydrogens (tertiary/aromatic N) is 2. The lowest BCUT2D eigenvalue weighted by Gasteiger charge is -2.05. The van der Waals surface area contributed by atoms with E-state index in [-0.39, 0.29) is 23.5 Å². The zero-order valence-corrected chi connectivity index (χ0v) is 11.3. The highest BCUT2D eigenvalue weighted by Gasteiger charge is 2.15. The van der Waals surface area contributed by atoms with Crippen molar-refractivity contribution < 1.29 is 14.1 Å². The number of hydrogen-bond donors (Lipinski definition) is 2. The van der Waals surface area contributed by atoms with E-state index in [0.29, 0.717) is 18.1 Å². The van der Waals surface area contributed by atoms with Crippen LogP contribution in [0.4, 0.5) is 11.4 Å². The molecule has 0 bridgehead atoms. The first-order valence-corrected chi connectivity index (χ1v) is 6.27. The maximum absolute atomic E-state index is 12.0. The molecule has 0 saturated carbocycles. The predicted molar refractivity (Wildman–Crippen MR) is 74.6 cm³/mol. The van der Waals surface area contributed by atoms with E-state index in [2.05, 4.69) is 10.3 Å². The molecule has 1 heterocycles. The number of nitro groups is 1. The maximum Gasteiger partial charge on any atom is 0.270 e. The summed E-state index contributed by atoms with van der Waals surface area (Å²) in [6.07, 6.45) is 2.29. The molecule has 1 amide bonds. The van der Waals surface area contributed by atoms with Gasteiger partial charge in [-0.05, 0) is 6.07 Å². The Hall–Kier alpha value is -2.90. The fraction of sp³-hybridized carbons (Fsp3) is 0.231. The van der Waals surface area contributed by atoms with Crippen molar-refractivity contribution in [2.75, 3.05) is 5.73 Å². The van der Waals surface area contributed by atoms with Crippen molar-refractivity contribution in [3.05, 3.63) is 51.7 Å². The summed E-state index contributed by atoms with van der Waals surface area (Å²) in [5, 5.41) is 13.3. The third-order valence-corrected chi connectivity index (χ3v) is 2.84. The summed E-state index contributed by atoms with van der Waals surface area (Å²) in [5.41, 5.74) is 5.68. The molecule has 110 valence electrons. The van der Waals surface area contributed by atoms with Gasteiger partial charge in [0.2, 0.25) is 5.89 Å². The Morgan fingerprint density at radius 3 is 2.90 bits per heavy atom. The Labute approximate surface area is 120 Å². The van der Waals surface area contributed by atoms with Crippen LogP contribution in [0.2, 0.25) is 0 Å². The van der Waals surface area contributed by atoms with Gasteiger partial charge in [-0.2, -0.15) is 0 Å². The predicted octanol–water partition coefficient (Wildman–Crippen LogP) is 1.66.